The molecule has 102 valence electrons. The van der Waals surface area contributed by atoms with Gasteiger partial charge in [0.25, 0.3) is 0 Å². The Kier molecular flexibility index (Phi) is 3.40. The van der Waals surface area contributed by atoms with Crippen molar-refractivity contribution >= 4 is 10.9 Å². The summed E-state index contributed by atoms with van der Waals surface area (Å²) in [6.45, 7) is -2.77. The standard InChI is InChI=1S/C15H17F2NO/c16-15(17)19-12-5-6-14-13(8-12)11(9-18-14)7-10-3-1-2-4-10/h5-6,8-10,15,18H,1-4,7H2. The number of ether oxygens (including phenoxy) is 1. The van der Waals surface area contributed by atoms with Gasteiger partial charge in [-0.1, -0.05) is 25.7 Å². The summed E-state index contributed by atoms with van der Waals surface area (Å²) in [5.74, 6) is 0.966. The second-order valence-electron chi connectivity index (χ2n) is 5.25. The minimum Gasteiger partial charge on any atom is -0.435 e. The van der Waals surface area contributed by atoms with Crippen LogP contribution < -0.4 is 4.74 Å². The molecule has 4 heteroatoms. The van der Waals surface area contributed by atoms with Gasteiger partial charge in [0, 0.05) is 17.1 Å². The number of aromatic nitrogens is 1. The summed E-state index contributed by atoms with van der Waals surface area (Å²) in [5, 5.41) is 1.00. The Hall–Kier alpha value is -1.58. The van der Waals surface area contributed by atoms with Gasteiger partial charge in [0.05, 0.1) is 0 Å². The maximum Gasteiger partial charge on any atom is 0.387 e. The SMILES string of the molecule is FC(F)Oc1ccc2[nH]cc(CC3CCCC3)c2c1. The highest BCUT2D eigenvalue weighted by molar-refractivity contribution is 5.84. The molecule has 0 radical (unpaired) electrons. The second-order valence-corrected chi connectivity index (χ2v) is 5.25. The maximum atomic E-state index is 12.2. The Morgan fingerprint density at radius 2 is 2.05 bits per heavy atom. The molecule has 0 aliphatic heterocycles. The summed E-state index contributed by atoms with van der Waals surface area (Å²) in [7, 11) is 0. The van der Waals surface area contributed by atoms with Crippen LogP contribution in [0.3, 0.4) is 0 Å². The molecule has 1 aliphatic carbocycles. The summed E-state index contributed by atoms with van der Waals surface area (Å²) in [5.41, 5.74) is 2.19. The first kappa shape index (κ1) is 12.5. The van der Waals surface area contributed by atoms with Crippen LogP contribution in [0.5, 0.6) is 5.75 Å². The van der Waals surface area contributed by atoms with Crippen molar-refractivity contribution in [2.75, 3.05) is 0 Å². The molecule has 1 saturated carbocycles. The molecule has 0 atom stereocenters. The average Bonchev–Trinajstić information content (AvgIpc) is 3.00. The normalized spacial score (nSPS) is 16.6. The number of hydrogen-bond acceptors (Lipinski definition) is 1. The number of benzene rings is 1. The molecule has 2 nitrogen and oxygen atoms in total. The highest BCUT2D eigenvalue weighted by Gasteiger charge is 2.17. The summed E-state index contributed by atoms with van der Waals surface area (Å²) < 4.78 is 29.0. The van der Waals surface area contributed by atoms with Crippen LogP contribution in [-0.4, -0.2) is 11.6 Å². The van der Waals surface area contributed by atoms with E-state index in [0.29, 0.717) is 0 Å². The molecule has 2 aromatic rings. The lowest BCUT2D eigenvalue weighted by atomic mass is 9.98. The number of halogens is 2. The van der Waals surface area contributed by atoms with Crippen LogP contribution in [0.4, 0.5) is 8.78 Å². The van der Waals surface area contributed by atoms with Crippen molar-refractivity contribution in [2.45, 2.75) is 38.7 Å². The summed E-state index contributed by atoms with van der Waals surface area (Å²) in [6.07, 6.45) is 8.20. The molecule has 3 rings (SSSR count). The molecular weight excluding hydrogens is 248 g/mol. The highest BCUT2D eigenvalue weighted by Crippen LogP contribution is 2.32. The molecule has 0 amide bonds. The average molecular weight is 265 g/mol. The number of hydrogen-bond donors (Lipinski definition) is 1. The number of alkyl halides is 2. The highest BCUT2D eigenvalue weighted by atomic mass is 19.3. The molecule has 1 aromatic heterocycles. The molecule has 1 fully saturated rings. The topological polar surface area (TPSA) is 25.0 Å². The lowest BCUT2D eigenvalue weighted by molar-refractivity contribution is -0.0497. The van der Waals surface area contributed by atoms with Gasteiger partial charge in [-0.25, -0.2) is 0 Å². The number of nitrogens with one attached hydrogen (secondary N) is 1. The lowest BCUT2D eigenvalue weighted by Gasteiger charge is -2.08. The van der Waals surface area contributed by atoms with E-state index in [1.54, 1.807) is 18.2 Å². The molecule has 1 heterocycles. The van der Waals surface area contributed by atoms with Crippen LogP contribution >= 0.6 is 0 Å². The van der Waals surface area contributed by atoms with E-state index in [-0.39, 0.29) is 5.75 Å². The van der Waals surface area contributed by atoms with Crippen LogP contribution in [0.15, 0.2) is 24.4 Å². The van der Waals surface area contributed by atoms with E-state index in [9.17, 15) is 8.78 Å². The molecule has 1 N–H and O–H groups in total. The zero-order valence-corrected chi connectivity index (χ0v) is 10.7. The molecule has 0 spiro atoms. The molecule has 0 saturated heterocycles. The van der Waals surface area contributed by atoms with Crippen molar-refractivity contribution in [3.8, 4) is 5.75 Å². The third-order valence-electron chi connectivity index (χ3n) is 3.95. The Morgan fingerprint density at radius 3 is 2.79 bits per heavy atom. The van der Waals surface area contributed by atoms with Gasteiger partial charge in [-0.3, -0.25) is 0 Å². The molecular formula is C15H17F2NO. The van der Waals surface area contributed by atoms with Crippen molar-refractivity contribution in [1.29, 1.82) is 0 Å². The summed E-state index contributed by atoms with van der Waals surface area (Å²) in [6, 6.07) is 5.08. The predicted molar refractivity (Wildman–Crippen MR) is 70.6 cm³/mol. The van der Waals surface area contributed by atoms with Gasteiger partial charge < -0.3 is 9.72 Å². The molecule has 0 bridgehead atoms. The van der Waals surface area contributed by atoms with Gasteiger partial charge >= 0.3 is 6.61 Å². The minimum atomic E-state index is -2.77. The first-order chi connectivity index (χ1) is 9.22. The van der Waals surface area contributed by atoms with Crippen molar-refractivity contribution in [1.82, 2.24) is 4.98 Å². The first-order valence-electron chi connectivity index (χ1n) is 6.77. The van der Waals surface area contributed by atoms with Gasteiger partial charge in [0.1, 0.15) is 5.75 Å². The first-order valence-corrected chi connectivity index (χ1v) is 6.77. The van der Waals surface area contributed by atoms with Crippen molar-refractivity contribution in [3.05, 3.63) is 30.0 Å². The van der Waals surface area contributed by atoms with E-state index in [2.05, 4.69) is 9.72 Å². The Bertz CT molecular complexity index is 558. The van der Waals surface area contributed by atoms with Gasteiger partial charge in [0.2, 0.25) is 0 Å². The fourth-order valence-corrected chi connectivity index (χ4v) is 3.03. The van der Waals surface area contributed by atoms with Crippen molar-refractivity contribution < 1.29 is 13.5 Å². The van der Waals surface area contributed by atoms with Crippen molar-refractivity contribution in [2.24, 2.45) is 5.92 Å². The summed E-state index contributed by atoms with van der Waals surface area (Å²) in [4.78, 5) is 3.20. The zero-order valence-electron chi connectivity index (χ0n) is 10.7. The number of fused-ring (bicyclic) bond motifs is 1. The van der Waals surface area contributed by atoms with Crippen LogP contribution in [0.1, 0.15) is 31.2 Å². The third kappa shape index (κ3) is 2.72. The van der Waals surface area contributed by atoms with Crippen LogP contribution in [0.2, 0.25) is 0 Å². The molecule has 0 unspecified atom stereocenters. The smallest absolute Gasteiger partial charge is 0.387 e. The summed E-state index contributed by atoms with van der Waals surface area (Å²) >= 11 is 0. The number of rotatable bonds is 4. The quantitative estimate of drug-likeness (QED) is 0.864. The fourth-order valence-electron chi connectivity index (χ4n) is 3.03. The second kappa shape index (κ2) is 5.19. The van der Waals surface area contributed by atoms with Gasteiger partial charge in [-0.2, -0.15) is 8.78 Å². The Morgan fingerprint density at radius 1 is 1.26 bits per heavy atom. The van der Waals surface area contributed by atoms with Gasteiger partial charge in [0.15, 0.2) is 0 Å². The predicted octanol–water partition coefficient (Wildman–Crippen LogP) is 4.50. The van der Waals surface area contributed by atoms with E-state index >= 15 is 0 Å². The largest absolute Gasteiger partial charge is 0.435 e. The van der Waals surface area contributed by atoms with E-state index in [1.165, 1.54) is 31.2 Å². The monoisotopic (exact) mass is 265 g/mol. The van der Waals surface area contributed by atoms with E-state index in [1.807, 2.05) is 6.20 Å². The molecule has 1 aliphatic rings. The minimum absolute atomic E-state index is 0.231. The van der Waals surface area contributed by atoms with E-state index in [0.717, 1.165) is 23.2 Å². The van der Waals surface area contributed by atoms with E-state index < -0.39 is 6.61 Å². The number of aromatic amines is 1. The molecule has 1 aromatic carbocycles. The maximum absolute atomic E-state index is 12.2. The van der Waals surface area contributed by atoms with Crippen molar-refractivity contribution in [3.63, 3.8) is 0 Å². The fraction of sp³-hybridized carbons (Fsp3) is 0.467. The Balaban J connectivity index is 1.86. The van der Waals surface area contributed by atoms with E-state index in [4.69, 9.17) is 0 Å². The number of H-pyrrole nitrogens is 1. The van der Waals surface area contributed by atoms with Gasteiger partial charge in [-0.15, -0.1) is 0 Å². The van der Waals surface area contributed by atoms with Gasteiger partial charge in [-0.05, 0) is 36.1 Å². The van der Waals surface area contributed by atoms with Crippen LogP contribution in [0.25, 0.3) is 10.9 Å². The van der Waals surface area contributed by atoms with Crippen LogP contribution in [0, 0.1) is 5.92 Å². The lowest BCUT2D eigenvalue weighted by Crippen LogP contribution is -2.01. The Labute approximate surface area is 110 Å². The third-order valence-corrected chi connectivity index (χ3v) is 3.95. The zero-order chi connectivity index (χ0) is 13.2. The molecule has 19 heavy (non-hydrogen) atoms. The van der Waals surface area contributed by atoms with Crippen LogP contribution in [-0.2, 0) is 6.42 Å².